The highest BCUT2D eigenvalue weighted by atomic mass is 19.1. The zero-order valence-electron chi connectivity index (χ0n) is 15.9. The van der Waals surface area contributed by atoms with Crippen LogP contribution in [0, 0.1) is 5.82 Å². The lowest BCUT2D eigenvalue weighted by atomic mass is 9.90. The molecule has 2 atom stereocenters. The van der Waals surface area contributed by atoms with E-state index in [2.05, 4.69) is 27.5 Å². The van der Waals surface area contributed by atoms with E-state index < -0.39 is 0 Å². The van der Waals surface area contributed by atoms with Crippen LogP contribution >= 0.6 is 0 Å². The van der Waals surface area contributed by atoms with E-state index in [9.17, 15) is 9.18 Å². The lowest BCUT2D eigenvalue weighted by molar-refractivity contribution is -0.115. The number of carbonyl (C=O) groups is 1. The van der Waals surface area contributed by atoms with Crippen molar-refractivity contribution in [1.82, 2.24) is 10.2 Å². The van der Waals surface area contributed by atoms with E-state index in [-0.39, 0.29) is 17.8 Å². The number of halogens is 1. The fraction of sp³-hybridized carbons (Fsp3) is 0.409. The first-order valence-corrected chi connectivity index (χ1v) is 9.94. The molecule has 1 N–H and O–H groups in total. The molecule has 6 heteroatoms. The van der Waals surface area contributed by atoms with E-state index in [4.69, 9.17) is 0 Å². The SMILES string of the molecule is CN1C2CCC1CC(NC(=O)C1=NN=C3CC=C(c4ccc(F)cc4)C=C31)C2. The van der Waals surface area contributed by atoms with Gasteiger partial charge in [-0.15, -0.1) is 5.10 Å². The van der Waals surface area contributed by atoms with E-state index >= 15 is 0 Å². The lowest BCUT2D eigenvalue weighted by Gasteiger charge is -2.36. The number of benzene rings is 1. The van der Waals surface area contributed by atoms with Crippen molar-refractivity contribution in [2.45, 2.75) is 50.2 Å². The summed E-state index contributed by atoms with van der Waals surface area (Å²) in [5, 5.41) is 11.6. The Morgan fingerprint density at radius 1 is 1.14 bits per heavy atom. The molecule has 0 radical (unpaired) electrons. The van der Waals surface area contributed by atoms with Gasteiger partial charge in [0, 0.05) is 30.1 Å². The average Bonchev–Trinajstić information content (AvgIpc) is 3.19. The Balaban J connectivity index is 1.32. The van der Waals surface area contributed by atoms with E-state index in [0.29, 0.717) is 24.2 Å². The van der Waals surface area contributed by atoms with Gasteiger partial charge in [0.25, 0.3) is 5.91 Å². The smallest absolute Gasteiger partial charge is 0.272 e. The summed E-state index contributed by atoms with van der Waals surface area (Å²) in [5.41, 5.74) is 3.89. The van der Waals surface area contributed by atoms with Crippen LogP contribution in [0.3, 0.4) is 0 Å². The second-order valence-corrected chi connectivity index (χ2v) is 8.12. The molecular weight excluding hydrogens is 355 g/mol. The second kappa shape index (κ2) is 6.78. The number of hydrogen-bond acceptors (Lipinski definition) is 4. The quantitative estimate of drug-likeness (QED) is 0.879. The third-order valence-corrected chi connectivity index (χ3v) is 6.48. The molecule has 1 aromatic rings. The summed E-state index contributed by atoms with van der Waals surface area (Å²) in [5.74, 6) is -0.399. The van der Waals surface area contributed by atoms with Gasteiger partial charge in [-0.2, -0.15) is 5.10 Å². The van der Waals surface area contributed by atoms with Crippen LogP contribution in [-0.2, 0) is 4.79 Å². The van der Waals surface area contributed by atoms with Crippen LogP contribution in [0.1, 0.15) is 37.7 Å². The maximum Gasteiger partial charge on any atom is 0.272 e. The van der Waals surface area contributed by atoms with Gasteiger partial charge in [0.05, 0.1) is 5.71 Å². The topological polar surface area (TPSA) is 57.1 Å². The molecule has 1 aromatic carbocycles. The minimum atomic E-state index is -0.260. The van der Waals surface area contributed by atoms with Gasteiger partial charge < -0.3 is 10.2 Å². The Morgan fingerprint density at radius 2 is 1.86 bits per heavy atom. The van der Waals surface area contributed by atoms with Crippen LogP contribution in [0.4, 0.5) is 4.39 Å². The summed E-state index contributed by atoms with van der Waals surface area (Å²) in [4.78, 5) is 15.4. The lowest BCUT2D eigenvalue weighted by Crippen LogP contribution is -2.50. The Labute approximate surface area is 163 Å². The molecule has 2 bridgehead atoms. The van der Waals surface area contributed by atoms with Crippen molar-refractivity contribution in [2.75, 3.05) is 7.05 Å². The molecule has 2 saturated heterocycles. The minimum absolute atomic E-state index is 0.140. The summed E-state index contributed by atoms with van der Waals surface area (Å²) in [6.07, 6.45) is 9.05. The number of rotatable bonds is 3. The van der Waals surface area contributed by atoms with Gasteiger partial charge in [0.1, 0.15) is 5.82 Å². The first-order valence-electron chi connectivity index (χ1n) is 9.94. The number of amides is 1. The summed E-state index contributed by atoms with van der Waals surface area (Å²) in [6, 6.07) is 7.74. The molecule has 2 unspecified atom stereocenters. The van der Waals surface area contributed by atoms with Gasteiger partial charge in [0.2, 0.25) is 0 Å². The second-order valence-electron chi connectivity index (χ2n) is 8.12. The third kappa shape index (κ3) is 3.02. The summed E-state index contributed by atoms with van der Waals surface area (Å²) in [6.45, 7) is 0. The van der Waals surface area contributed by atoms with Crippen molar-refractivity contribution >= 4 is 22.9 Å². The number of hydrogen-bond donors (Lipinski definition) is 1. The van der Waals surface area contributed by atoms with Crippen molar-refractivity contribution in [2.24, 2.45) is 10.2 Å². The fourth-order valence-electron chi connectivity index (χ4n) is 4.87. The van der Waals surface area contributed by atoms with Crippen LogP contribution in [0.5, 0.6) is 0 Å². The monoisotopic (exact) mass is 378 g/mol. The zero-order valence-corrected chi connectivity index (χ0v) is 15.9. The number of allylic oxidation sites excluding steroid dienone is 3. The predicted molar refractivity (Wildman–Crippen MR) is 108 cm³/mol. The van der Waals surface area contributed by atoms with E-state index in [1.807, 2.05) is 12.2 Å². The standard InChI is InChI=1S/C22H23FN4O/c1-27-17-7-8-18(27)12-16(11-17)24-22(28)21-19-10-14(4-9-20(19)25-26-21)13-2-5-15(23)6-3-13/h2-6,10,16-18H,7-9,11-12H2,1H3,(H,24,28). The van der Waals surface area contributed by atoms with Gasteiger partial charge in [-0.3, -0.25) is 4.79 Å². The Kier molecular flexibility index (Phi) is 4.23. The molecule has 5 rings (SSSR count). The molecule has 3 aliphatic heterocycles. The number of piperidine rings is 1. The van der Waals surface area contributed by atoms with Crippen LogP contribution in [-0.4, -0.2) is 47.4 Å². The maximum absolute atomic E-state index is 13.2. The molecule has 1 amide bonds. The Hall–Kier alpha value is -2.60. The fourth-order valence-corrected chi connectivity index (χ4v) is 4.87. The third-order valence-electron chi connectivity index (χ3n) is 6.48. The average molecular weight is 378 g/mol. The molecule has 0 spiro atoms. The van der Waals surface area contributed by atoms with Crippen LogP contribution in [0.15, 0.2) is 52.2 Å². The molecular formula is C22H23FN4O. The molecule has 4 aliphatic rings. The van der Waals surface area contributed by atoms with Crippen molar-refractivity contribution in [3.05, 3.63) is 53.4 Å². The molecule has 0 aromatic heterocycles. The molecule has 5 nitrogen and oxygen atoms in total. The zero-order chi connectivity index (χ0) is 19.3. The highest BCUT2D eigenvalue weighted by Crippen LogP contribution is 2.34. The maximum atomic E-state index is 13.2. The largest absolute Gasteiger partial charge is 0.348 e. The number of nitrogens with zero attached hydrogens (tertiary/aromatic N) is 3. The van der Waals surface area contributed by atoms with E-state index in [1.165, 1.54) is 25.0 Å². The molecule has 1 aliphatic carbocycles. The number of fused-ring (bicyclic) bond motifs is 3. The summed E-state index contributed by atoms with van der Waals surface area (Å²) in [7, 11) is 2.19. The molecule has 2 fully saturated rings. The van der Waals surface area contributed by atoms with Gasteiger partial charge in [-0.1, -0.05) is 18.2 Å². The van der Waals surface area contributed by atoms with Crippen molar-refractivity contribution in [1.29, 1.82) is 0 Å². The molecule has 144 valence electrons. The number of carbonyl (C=O) groups excluding carboxylic acids is 1. The van der Waals surface area contributed by atoms with E-state index in [1.54, 1.807) is 12.1 Å². The molecule has 28 heavy (non-hydrogen) atoms. The van der Waals surface area contributed by atoms with Crippen LogP contribution in [0.25, 0.3) is 5.57 Å². The summed E-state index contributed by atoms with van der Waals surface area (Å²) < 4.78 is 13.2. The van der Waals surface area contributed by atoms with Gasteiger partial charge >= 0.3 is 0 Å². The Morgan fingerprint density at radius 3 is 2.57 bits per heavy atom. The molecule has 3 heterocycles. The number of nitrogens with one attached hydrogen (secondary N) is 1. The van der Waals surface area contributed by atoms with Crippen molar-refractivity contribution < 1.29 is 9.18 Å². The first-order chi connectivity index (χ1) is 13.6. The first kappa shape index (κ1) is 17.5. The van der Waals surface area contributed by atoms with Gasteiger partial charge in [-0.05, 0) is 62.1 Å². The van der Waals surface area contributed by atoms with Gasteiger partial charge in [-0.25, -0.2) is 4.39 Å². The Bertz CT molecular complexity index is 930. The highest BCUT2D eigenvalue weighted by Gasteiger charge is 2.39. The van der Waals surface area contributed by atoms with Crippen LogP contribution in [0.2, 0.25) is 0 Å². The van der Waals surface area contributed by atoms with Crippen molar-refractivity contribution in [3.63, 3.8) is 0 Å². The van der Waals surface area contributed by atoms with Crippen LogP contribution < -0.4 is 5.32 Å². The highest BCUT2D eigenvalue weighted by molar-refractivity contribution is 6.53. The minimum Gasteiger partial charge on any atom is -0.348 e. The summed E-state index contributed by atoms with van der Waals surface area (Å²) >= 11 is 0. The predicted octanol–water partition coefficient (Wildman–Crippen LogP) is 3.09. The van der Waals surface area contributed by atoms with Crippen molar-refractivity contribution in [3.8, 4) is 0 Å². The van der Waals surface area contributed by atoms with Gasteiger partial charge in [0.15, 0.2) is 5.71 Å². The van der Waals surface area contributed by atoms with E-state index in [0.717, 1.165) is 35.3 Å². The normalized spacial score (nSPS) is 28.9. The molecule has 0 saturated carbocycles.